The molecule has 0 amide bonds. The Hall–Kier alpha value is -3.20. The number of rotatable bonds is 4. The number of anilines is 1. The van der Waals surface area contributed by atoms with Gasteiger partial charge in [-0.2, -0.15) is 0 Å². The van der Waals surface area contributed by atoms with E-state index in [2.05, 4.69) is 59.8 Å². The molecule has 3 nitrogen and oxygen atoms in total. The third-order valence-electron chi connectivity index (χ3n) is 5.48. The number of hydrogen-bond donors (Lipinski definition) is 0. The third-order valence-corrected chi connectivity index (χ3v) is 5.48. The van der Waals surface area contributed by atoms with E-state index in [9.17, 15) is 4.79 Å². The molecular weight excluding hydrogens is 332 g/mol. The minimum absolute atomic E-state index is 0.0788. The molecule has 0 N–H and O–H groups in total. The van der Waals surface area contributed by atoms with Gasteiger partial charge in [-0.3, -0.25) is 9.78 Å². The van der Waals surface area contributed by atoms with E-state index in [0.717, 1.165) is 17.8 Å². The molecule has 3 heteroatoms. The molecule has 134 valence electrons. The Kier molecular flexibility index (Phi) is 4.15. The topological polar surface area (TPSA) is 33.2 Å². The molecule has 1 aliphatic heterocycles. The Balaban J connectivity index is 1.93. The highest BCUT2D eigenvalue weighted by Gasteiger charge is 2.43. The van der Waals surface area contributed by atoms with E-state index in [1.165, 1.54) is 16.3 Å². The smallest absolute Gasteiger partial charge is 0.205 e. The van der Waals surface area contributed by atoms with Crippen molar-refractivity contribution < 1.29 is 4.79 Å². The molecule has 0 aliphatic carbocycles. The molecule has 0 saturated heterocycles. The minimum Gasteiger partial charge on any atom is -0.347 e. The second-order valence-corrected chi connectivity index (χ2v) is 7.17. The first-order chi connectivity index (χ1) is 13.1. The number of allylic oxidation sites excluding steroid dienone is 3. The molecule has 4 rings (SSSR count). The van der Waals surface area contributed by atoms with Gasteiger partial charge in [-0.25, -0.2) is 0 Å². The summed E-state index contributed by atoms with van der Waals surface area (Å²) in [5.74, 6) is -0.0788. The number of fused-ring (bicyclic) bond motifs is 3. The molecule has 27 heavy (non-hydrogen) atoms. The Morgan fingerprint density at radius 3 is 2.67 bits per heavy atom. The van der Waals surface area contributed by atoms with E-state index in [4.69, 9.17) is 0 Å². The maximum absolute atomic E-state index is 12.9. The van der Waals surface area contributed by atoms with Gasteiger partial charge >= 0.3 is 0 Å². The number of aromatic nitrogens is 1. The first kappa shape index (κ1) is 17.2. The molecule has 1 aromatic heterocycles. The predicted molar refractivity (Wildman–Crippen MR) is 111 cm³/mol. The number of benzene rings is 2. The average molecular weight is 354 g/mol. The quantitative estimate of drug-likeness (QED) is 0.363. The van der Waals surface area contributed by atoms with Crippen molar-refractivity contribution in [3.63, 3.8) is 0 Å². The van der Waals surface area contributed by atoms with Gasteiger partial charge in [0, 0.05) is 36.1 Å². The maximum atomic E-state index is 12.9. The molecule has 0 radical (unpaired) electrons. The number of carbonyl (C=O) groups excluding carboxylic acids is 1. The monoisotopic (exact) mass is 354 g/mol. The van der Waals surface area contributed by atoms with Crippen molar-refractivity contribution in [2.45, 2.75) is 18.8 Å². The minimum atomic E-state index is -0.322. The molecule has 0 saturated carbocycles. The maximum Gasteiger partial charge on any atom is 0.205 e. The van der Waals surface area contributed by atoms with Crippen LogP contribution in [0.2, 0.25) is 0 Å². The van der Waals surface area contributed by atoms with E-state index >= 15 is 0 Å². The zero-order valence-corrected chi connectivity index (χ0v) is 15.6. The molecule has 2 heterocycles. The molecule has 1 atom stereocenters. The summed E-state index contributed by atoms with van der Waals surface area (Å²) in [5, 5.41) is 2.43. The summed E-state index contributed by atoms with van der Waals surface area (Å²) < 4.78 is 0. The van der Waals surface area contributed by atoms with Crippen LogP contribution in [0, 0.1) is 0 Å². The van der Waals surface area contributed by atoms with Crippen LogP contribution in [-0.4, -0.2) is 17.8 Å². The van der Waals surface area contributed by atoms with Crippen LogP contribution in [0.25, 0.3) is 10.8 Å². The Bertz CT molecular complexity index is 1070. The van der Waals surface area contributed by atoms with E-state index in [-0.39, 0.29) is 11.2 Å². The van der Waals surface area contributed by atoms with Gasteiger partial charge in [0.1, 0.15) is 5.69 Å². The van der Waals surface area contributed by atoms with Gasteiger partial charge in [-0.05, 0) is 47.9 Å². The van der Waals surface area contributed by atoms with Crippen LogP contribution in [0.4, 0.5) is 5.69 Å². The van der Waals surface area contributed by atoms with Crippen molar-refractivity contribution in [2.24, 2.45) is 0 Å². The number of ketones is 1. The van der Waals surface area contributed by atoms with Gasteiger partial charge in [0.05, 0.1) is 0 Å². The lowest BCUT2D eigenvalue weighted by Crippen LogP contribution is -2.27. The standard InChI is InChI=1S/C24H22N2O/c1-4-14-24(2)22(16-21(27)19-11-7-8-15-25-19)26(3)20-13-12-17-9-5-6-10-18(17)23(20)24/h4-13,15-16H,1,14H2,2-3H3. The average Bonchev–Trinajstić information content (AvgIpc) is 2.91. The second-order valence-electron chi connectivity index (χ2n) is 7.17. The van der Waals surface area contributed by atoms with Crippen molar-refractivity contribution in [2.75, 3.05) is 11.9 Å². The number of hydrogen-bond acceptors (Lipinski definition) is 3. The highest BCUT2D eigenvalue weighted by Crippen LogP contribution is 2.52. The molecule has 1 unspecified atom stereocenters. The van der Waals surface area contributed by atoms with Gasteiger partial charge < -0.3 is 4.90 Å². The van der Waals surface area contributed by atoms with E-state index in [1.54, 1.807) is 18.3 Å². The van der Waals surface area contributed by atoms with Crippen LogP contribution in [0.3, 0.4) is 0 Å². The predicted octanol–water partition coefficient (Wildman–Crippen LogP) is 5.29. The zero-order chi connectivity index (χ0) is 19.0. The summed E-state index contributed by atoms with van der Waals surface area (Å²) in [6, 6.07) is 18.1. The van der Waals surface area contributed by atoms with Crippen LogP contribution >= 0.6 is 0 Å². The van der Waals surface area contributed by atoms with Crippen LogP contribution in [0.1, 0.15) is 29.4 Å². The summed E-state index contributed by atoms with van der Waals surface area (Å²) in [4.78, 5) is 19.2. The van der Waals surface area contributed by atoms with Crippen LogP contribution in [-0.2, 0) is 5.41 Å². The lowest BCUT2D eigenvalue weighted by molar-refractivity contribution is 0.104. The Morgan fingerprint density at radius 1 is 1.15 bits per heavy atom. The van der Waals surface area contributed by atoms with Crippen LogP contribution in [0.5, 0.6) is 0 Å². The van der Waals surface area contributed by atoms with Crippen molar-refractivity contribution in [3.05, 3.63) is 96.5 Å². The fraction of sp³-hybridized carbons (Fsp3) is 0.167. The first-order valence-electron chi connectivity index (χ1n) is 9.10. The molecule has 2 aromatic carbocycles. The molecule has 0 fully saturated rings. The van der Waals surface area contributed by atoms with Crippen LogP contribution < -0.4 is 4.90 Å². The molecule has 0 bridgehead atoms. The summed E-state index contributed by atoms with van der Waals surface area (Å²) in [6.45, 7) is 6.17. The highest BCUT2D eigenvalue weighted by molar-refractivity contribution is 6.05. The van der Waals surface area contributed by atoms with Gasteiger partial charge in [-0.1, -0.05) is 42.5 Å². The molecule has 3 aromatic rings. The van der Waals surface area contributed by atoms with Gasteiger partial charge in [-0.15, -0.1) is 6.58 Å². The van der Waals surface area contributed by atoms with Gasteiger partial charge in [0.2, 0.25) is 5.78 Å². The zero-order valence-electron chi connectivity index (χ0n) is 15.6. The summed E-state index contributed by atoms with van der Waals surface area (Å²) in [7, 11) is 2.03. The highest BCUT2D eigenvalue weighted by atomic mass is 16.1. The van der Waals surface area contributed by atoms with E-state index in [0.29, 0.717) is 5.69 Å². The van der Waals surface area contributed by atoms with Crippen LogP contribution in [0.15, 0.2) is 85.2 Å². The lowest BCUT2D eigenvalue weighted by atomic mass is 9.76. The van der Waals surface area contributed by atoms with Gasteiger partial charge in [0.25, 0.3) is 0 Å². The molecule has 0 spiro atoms. The summed E-state index contributed by atoms with van der Waals surface area (Å²) >= 11 is 0. The second kappa shape index (κ2) is 6.51. The van der Waals surface area contributed by atoms with E-state index in [1.807, 2.05) is 25.3 Å². The fourth-order valence-electron chi connectivity index (χ4n) is 4.21. The normalized spacial score (nSPS) is 20.1. The van der Waals surface area contributed by atoms with Crippen molar-refractivity contribution in [1.82, 2.24) is 4.98 Å². The SMILES string of the molecule is C=CCC1(C)C(=CC(=O)c2ccccn2)N(C)c2ccc3ccccc3c21. The van der Waals surface area contributed by atoms with Crippen molar-refractivity contribution in [3.8, 4) is 0 Å². The molecular formula is C24H22N2O. The number of pyridine rings is 1. The number of nitrogens with zero attached hydrogens (tertiary/aromatic N) is 2. The summed E-state index contributed by atoms with van der Waals surface area (Å²) in [6.07, 6.45) is 6.07. The van der Waals surface area contributed by atoms with Gasteiger partial charge in [0.15, 0.2) is 0 Å². The number of carbonyl (C=O) groups is 1. The Labute approximate surface area is 159 Å². The summed E-state index contributed by atoms with van der Waals surface area (Å²) in [5.41, 5.74) is 3.50. The lowest BCUT2D eigenvalue weighted by Gasteiger charge is -2.28. The van der Waals surface area contributed by atoms with Crippen molar-refractivity contribution in [1.29, 1.82) is 0 Å². The van der Waals surface area contributed by atoms with E-state index < -0.39 is 0 Å². The number of likely N-dealkylation sites (N-methyl/N-ethyl adjacent to an activating group) is 1. The largest absolute Gasteiger partial charge is 0.347 e. The first-order valence-corrected chi connectivity index (χ1v) is 9.10. The fourth-order valence-corrected chi connectivity index (χ4v) is 4.21. The van der Waals surface area contributed by atoms with Crippen molar-refractivity contribution >= 4 is 22.2 Å². The Morgan fingerprint density at radius 2 is 1.93 bits per heavy atom. The third kappa shape index (κ3) is 2.67. The molecule has 1 aliphatic rings.